The summed E-state index contributed by atoms with van der Waals surface area (Å²) in [6.45, 7) is 5.80. The van der Waals surface area contributed by atoms with E-state index in [4.69, 9.17) is 4.42 Å². The predicted octanol–water partition coefficient (Wildman–Crippen LogP) is 4.83. The first kappa shape index (κ1) is 20.6. The van der Waals surface area contributed by atoms with E-state index >= 15 is 0 Å². The van der Waals surface area contributed by atoms with Gasteiger partial charge < -0.3 is 9.73 Å². The minimum absolute atomic E-state index is 0.0267. The van der Waals surface area contributed by atoms with Gasteiger partial charge in [-0.25, -0.2) is 0 Å². The topological polar surface area (TPSA) is 110 Å². The molecule has 8 heteroatoms. The predicted molar refractivity (Wildman–Crippen MR) is 127 cm³/mol. The van der Waals surface area contributed by atoms with Crippen LogP contribution >= 0.6 is 0 Å². The number of nitrogens with one attached hydrogen (secondary N) is 2. The Hall–Kier alpha value is -4.33. The molecular weight excluding hydrogens is 416 g/mol. The third-order valence-corrected chi connectivity index (χ3v) is 5.63. The number of benzene rings is 2. The normalized spacial score (nSPS) is 12.1. The van der Waals surface area contributed by atoms with E-state index in [1.165, 1.54) is 0 Å². The van der Waals surface area contributed by atoms with Gasteiger partial charge in [0.2, 0.25) is 5.82 Å². The van der Waals surface area contributed by atoms with Crippen molar-refractivity contribution in [2.45, 2.75) is 26.8 Å². The number of aryl methyl sites for hydroxylation is 1. The van der Waals surface area contributed by atoms with Gasteiger partial charge in [-0.15, -0.1) is 10.2 Å². The van der Waals surface area contributed by atoms with Crippen LogP contribution in [0.25, 0.3) is 33.8 Å². The first-order chi connectivity index (χ1) is 16.0. The molecular formula is C25H22N6O2. The number of hydrogen-bond donors (Lipinski definition) is 2. The molecule has 0 aliphatic rings. The number of pyridine rings is 1. The number of fused-ring (bicyclic) bond motifs is 1. The molecule has 0 amide bonds. The van der Waals surface area contributed by atoms with Crippen LogP contribution in [0.5, 0.6) is 0 Å². The second kappa shape index (κ2) is 8.31. The standard InChI is InChI=1S/C25H22N6O2/c1-14-12-18(16(3)27-20-10-7-11-26-21(20)25-28-30-31-29-25)24-19(13-14)22(32)15(2)23(33-24)17-8-5-4-6-9-17/h4-13,16,27H,1-3H3,(H,28,29,30,31)/t16-/m1/s1. The lowest BCUT2D eigenvalue weighted by Gasteiger charge is -2.19. The Bertz CT molecular complexity index is 1490. The van der Waals surface area contributed by atoms with Gasteiger partial charge in [0, 0.05) is 22.9 Å². The highest BCUT2D eigenvalue weighted by Crippen LogP contribution is 2.33. The number of H-pyrrole nitrogens is 1. The van der Waals surface area contributed by atoms with E-state index in [2.05, 4.69) is 30.9 Å². The monoisotopic (exact) mass is 438 g/mol. The molecule has 2 aromatic carbocycles. The van der Waals surface area contributed by atoms with Gasteiger partial charge in [0.1, 0.15) is 17.0 Å². The quantitative estimate of drug-likeness (QED) is 0.405. The van der Waals surface area contributed by atoms with Gasteiger partial charge in [-0.05, 0) is 49.7 Å². The molecule has 0 bridgehead atoms. The zero-order valence-electron chi connectivity index (χ0n) is 18.5. The third-order valence-electron chi connectivity index (χ3n) is 5.63. The Morgan fingerprint density at radius 2 is 1.88 bits per heavy atom. The average molecular weight is 438 g/mol. The second-order valence-corrected chi connectivity index (χ2v) is 7.98. The molecule has 0 saturated carbocycles. The highest BCUT2D eigenvalue weighted by atomic mass is 16.3. The van der Waals surface area contributed by atoms with Gasteiger partial charge in [0.05, 0.1) is 17.1 Å². The summed E-state index contributed by atoms with van der Waals surface area (Å²) in [6, 6.07) is 17.2. The molecule has 0 saturated heterocycles. The van der Waals surface area contributed by atoms with Crippen molar-refractivity contribution in [2.24, 2.45) is 0 Å². The van der Waals surface area contributed by atoms with E-state index < -0.39 is 0 Å². The van der Waals surface area contributed by atoms with Gasteiger partial charge in [-0.2, -0.15) is 5.21 Å². The van der Waals surface area contributed by atoms with Crippen molar-refractivity contribution in [2.75, 3.05) is 5.32 Å². The molecule has 0 radical (unpaired) electrons. The van der Waals surface area contributed by atoms with Crippen molar-refractivity contribution in [3.8, 4) is 22.8 Å². The number of aromatic amines is 1. The maximum absolute atomic E-state index is 13.3. The summed E-state index contributed by atoms with van der Waals surface area (Å²) in [4.78, 5) is 17.7. The Labute approximate surface area is 189 Å². The maximum Gasteiger partial charge on any atom is 0.225 e. The van der Waals surface area contributed by atoms with Gasteiger partial charge in [0.25, 0.3) is 0 Å². The van der Waals surface area contributed by atoms with Gasteiger partial charge in [-0.3, -0.25) is 9.78 Å². The number of nitrogens with zero attached hydrogens (tertiary/aromatic N) is 4. The minimum Gasteiger partial charge on any atom is -0.455 e. The Kier molecular flexibility index (Phi) is 5.18. The number of hydrogen-bond acceptors (Lipinski definition) is 7. The molecule has 0 unspecified atom stereocenters. The number of rotatable bonds is 5. The van der Waals surface area contributed by atoms with E-state index in [1.54, 1.807) is 6.20 Å². The molecule has 3 aromatic heterocycles. The molecule has 0 aliphatic heterocycles. The van der Waals surface area contributed by atoms with Crippen LogP contribution in [-0.4, -0.2) is 25.6 Å². The summed E-state index contributed by atoms with van der Waals surface area (Å²) in [5.41, 5.74) is 5.19. The molecule has 1 atom stereocenters. The molecule has 3 heterocycles. The molecule has 8 nitrogen and oxygen atoms in total. The fourth-order valence-electron chi connectivity index (χ4n) is 4.03. The summed E-state index contributed by atoms with van der Waals surface area (Å²) >= 11 is 0. The average Bonchev–Trinajstić information content (AvgIpc) is 3.37. The minimum atomic E-state index is -0.197. The summed E-state index contributed by atoms with van der Waals surface area (Å²) in [6.07, 6.45) is 1.68. The second-order valence-electron chi connectivity index (χ2n) is 7.98. The van der Waals surface area contributed by atoms with Crippen molar-refractivity contribution in [1.82, 2.24) is 25.6 Å². The molecule has 5 rings (SSSR count). The van der Waals surface area contributed by atoms with E-state index in [-0.39, 0.29) is 11.5 Å². The molecule has 164 valence electrons. The third kappa shape index (κ3) is 3.76. The van der Waals surface area contributed by atoms with E-state index in [9.17, 15) is 4.79 Å². The van der Waals surface area contributed by atoms with Crippen molar-refractivity contribution in [3.05, 3.63) is 87.7 Å². The van der Waals surface area contributed by atoms with Crippen molar-refractivity contribution < 1.29 is 4.42 Å². The zero-order chi connectivity index (χ0) is 22.9. The van der Waals surface area contributed by atoms with Crippen LogP contribution in [0.2, 0.25) is 0 Å². The van der Waals surface area contributed by atoms with Crippen LogP contribution < -0.4 is 10.7 Å². The Morgan fingerprint density at radius 1 is 1.06 bits per heavy atom. The highest BCUT2D eigenvalue weighted by Gasteiger charge is 2.20. The van der Waals surface area contributed by atoms with Crippen LogP contribution in [-0.2, 0) is 0 Å². The van der Waals surface area contributed by atoms with Crippen LogP contribution in [0.3, 0.4) is 0 Å². The SMILES string of the molecule is Cc1cc([C@@H](C)Nc2cccnc2-c2nn[nH]n2)c2oc(-c3ccccc3)c(C)c(=O)c2c1. The molecule has 5 aromatic rings. The van der Waals surface area contributed by atoms with E-state index in [0.717, 1.165) is 22.4 Å². The van der Waals surface area contributed by atoms with Crippen LogP contribution in [0.1, 0.15) is 29.7 Å². The highest BCUT2D eigenvalue weighted by molar-refractivity contribution is 5.85. The molecule has 0 aliphatic carbocycles. The fourth-order valence-corrected chi connectivity index (χ4v) is 4.03. The Balaban J connectivity index is 1.64. The zero-order valence-corrected chi connectivity index (χ0v) is 18.5. The van der Waals surface area contributed by atoms with Crippen LogP contribution in [0, 0.1) is 13.8 Å². The van der Waals surface area contributed by atoms with Gasteiger partial charge in [0.15, 0.2) is 5.43 Å². The van der Waals surface area contributed by atoms with E-state index in [1.807, 2.05) is 75.4 Å². The first-order valence-electron chi connectivity index (χ1n) is 10.6. The maximum atomic E-state index is 13.3. The van der Waals surface area contributed by atoms with Crippen molar-refractivity contribution in [1.29, 1.82) is 0 Å². The number of aromatic nitrogens is 5. The summed E-state index contributed by atoms with van der Waals surface area (Å²) in [5.74, 6) is 0.979. The lowest BCUT2D eigenvalue weighted by atomic mass is 9.98. The lowest BCUT2D eigenvalue weighted by molar-refractivity contribution is 0.605. The van der Waals surface area contributed by atoms with E-state index in [0.29, 0.717) is 33.8 Å². The van der Waals surface area contributed by atoms with Crippen LogP contribution in [0.15, 0.2) is 70.0 Å². The number of tetrazole rings is 1. The van der Waals surface area contributed by atoms with Gasteiger partial charge in [-0.1, -0.05) is 36.4 Å². The molecule has 0 spiro atoms. The van der Waals surface area contributed by atoms with Crippen molar-refractivity contribution >= 4 is 16.7 Å². The lowest BCUT2D eigenvalue weighted by Crippen LogP contribution is -2.13. The molecule has 33 heavy (non-hydrogen) atoms. The van der Waals surface area contributed by atoms with Gasteiger partial charge >= 0.3 is 0 Å². The summed E-state index contributed by atoms with van der Waals surface area (Å²) in [5, 5.41) is 18.2. The molecule has 0 fully saturated rings. The van der Waals surface area contributed by atoms with Crippen LogP contribution in [0.4, 0.5) is 5.69 Å². The molecule has 2 N–H and O–H groups in total. The fraction of sp³-hybridized carbons (Fsp3) is 0.160. The summed E-state index contributed by atoms with van der Waals surface area (Å²) in [7, 11) is 0. The largest absolute Gasteiger partial charge is 0.455 e. The number of anilines is 1. The summed E-state index contributed by atoms with van der Waals surface area (Å²) < 4.78 is 6.41. The smallest absolute Gasteiger partial charge is 0.225 e. The first-order valence-corrected chi connectivity index (χ1v) is 10.6. The van der Waals surface area contributed by atoms with Crippen molar-refractivity contribution in [3.63, 3.8) is 0 Å². The Morgan fingerprint density at radius 3 is 2.64 bits per heavy atom.